The maximum atomic E-state index is 14.2. The summed E-state index contributed by atoms with van der Waals surface area (Å²) >= 11 is 6.38. The molecule has 0 spiro atoms. The van der Waals surface area contributed by atoms with E-state index in [0.717, 1.165) is 21.9 Å². The van der Waals surface area contributed by atoms with Crippen LogP contribution < -0.4 is 19.1 Å². The van der Waals surface area contributed by atoms with E-state index in [0.29, 0.717) is 24.5 Å². The molecule has 0 fully saturated rings. The van der Waals surface area contributed by atoms with Gasteiger partial charge in [0, 0.05) is 13.1 Å². The molecule has 226 valence electrons. The molecule has 11 heteroatoms. The summed E-state index contributed by atoms with van der Waals surface area (Å²) in [6, 6.07) is 17.2. The third-order valence-electron chi connectivity index (χ3n) is 6.73. The summed E-state index contributed by atoms with van der Waals surface area (Å²) in [6.07, 6.45) is 1.05. The molecule has 0 aromatic heterocycles. The summed E-state index contributed by atoms with van der Waals surface area (Å²) in [7, 11) is -1.22. The minimum Gasteiger partial charge on any atom is -0.497 e. The Morgan fingerprint density at radius 1 is 0.976 bits per heavy atom. The van der Waals surface area contributed by atoms with E-state index in [9.17, 15) is 18.0 Å². The van der Waals surface area contributed by atoms with Crippen LogP contribution in [0.2, 0.25) is 5.02 Å². The molecule has 0 saturated heterocycles. The highest BCUT2D eigenvalue weighted by molar-refractivity contribution is 7.92. The maximum absolute atomic E-state index is 14.2. The van der Waals surface area contributed by atoms with Crippen LogP contribution in [-0.4, -0.2) is 58.5 Å². The lowest BCUT2D eigenvalue weighted by Gasteiger charge is -2.33. The van der Waals surface area contributed by atoms with Gasteiger partial charge in [0.25, 0.3) is 10.0 Å². The van der Waals surface area contributed by atoms with Crippen molar-refractivity contribution in [2.75, 3.05) is 31.6 Å². The number of anilines is 1. The van der Waals surface area contributed by atoms with Crippen molar-refractivity contribution >= 4 is 39.1 Å². The van der Waals surface area contributed by atoms with Gasteiger partial charge in [0.15, 0.2) is 0 Å². The average Bonchev–Trinajstić information content (AvgIpc) is 2.98. The Hall–Kier alpha value is -3.76. The third kappa shape index (κ3) is 7.95. The number of nitrogens with zero attached hydrogens (tertiary/aromatic N) is 2. The monoisotopic (exact) mass is 615 g/mol. The van der Waals surface area contributed by atoms with Crippen LogP contribution >= 0.6 is 11.6 Å². The molecule has 0 aliphatic carbocycles. The molecular formula is C31H38ClN3O6S. The van der Waals surface area contributed by atoms with Crippen molar-refractivity contribution in [3.63, 3.8) is 0 Å². The van der Waals surface area contributed by atoms with E-state index in [1.165, 1.54) is 36.3 Å². The van der Waals surface area contributed by atoms with Gasteiger partial charge in [-0.25, -0.2) is 8.42 Å². The molecule has 42 heavy (non-hydrogen) atoms. The van der Waals surface area contributed by atoms with Crippen molar-refractivity contribution in [2.45, 2.75) is 51.1 Å². The number of hydrogen-bond donors (Lipinski definition) is 1. The first-order valence-corrected chi connectivity index (χ1v) is 15.5. The molecule has 0 saturated carbocycles. The van der Waals surface area contributed by atoms with Gasteiger partial charge in [0.2, 0.25) is 11.8 Å². The third-order valence-corrected chi connectivity index (χ3v) is 8.82. The van der Waals surface area contributed by atoms with Gasteiger partial charge in [-0.05, 0) is 67.8 Å². The number of nitrogens with one attached hydrogen (secondary N) is 1. The van der Waals surface area contributed by atoms with Crippen molar-refractivity contribution in [1.29, 1.82) is 0 Å². The predicted molar refractivity (Wildman–Crippen MR) is 165 cm³/mol. The molecule has 0 bridgehead atoms. The van der Waals surface area contributed by atoms with Crippen LogP contribution in [-0.2, 0) is 26.2 Å². The first kappa shape index (κ1) is 32.8. The van der Waals surface area contributed by atoms with E-state index in [2.05, 4.69) is 5.32 Å². The number of halogens is 1. The van der Waals surface area contributed by atoms with Gasteiger partial charge in [-0.2, -0.15) is 0 Å². The summed E-state index contributed by atoms with van der Waals surface area (Å²) in [4.78, 5) is 28.8. The lowest BCUT2D eigenvalue weighted by atomic mass is 10.1. The van der Waals surface area contributed by atoms with E-state index < -0.39 is 28.5 Å². The number of methoxy groups -OCH3 is 2. The molecule has 1 unspecified atom stereocenters. The van der Waals surface area contributed by atoms with Crippen LogP contribution in [0.25, 0.3) is 0 Å². The highest BCUT2D eigenvalue weighted by Crippen LogP contribution is 2.32. The summed E-state index contributed by atoms with van der Waals surface area (Å²) in [5, 5.41) is 3.06. The van der Waals surface area contributed by atoms with Crippen LogP contribution in [0.3, 0.4) is 0 Å². The van der Waals surface area contributed by atoms with Crippen molar-refractivity contribution in [1.82, 2.24) is 10.2 Å². The number of carbonyl (C=O) groups excluding carboxylic acids is 2. The minimum atomic E-state index is -4.22. The summed E-state index contributed by atoms with van der Waals surface area (Å²) in [5.74, 6) is 0.0903. The highest BCUT2D eigenvalue weighted by Gasteiger charge is 2.34. The molecular weight excluding hydrogens is 578 g/mol. The number of amides is 2. The van der Waals surface area contributed by atoms with Gasteiger partial charge < -0.3 is 19.7 Å². The van der Waals surface area contributed by atoms with E-state index in [1.807, 2.05) is 26.8 Å². The van der Waals surface area contributed by atoms with Gasteiger partial charge >= 0.3 is 0 Å². The second-order valence-corrected chi connectivity index (χ2v) is 12.0. The number of hydrogen-bond acceptors (Lipinski definition) is 6. The second-order valence-electron chi connectivity index (χ2n) is 9.73. The van der Waals surface area contributed by atoms with Gasteiger partial charge in [-0.3, -0.25) is 13.9 Å². The molecule has 3 rings (SSSR count). The Morgan fingerprint density at radius 3 is 2.29 bits per heavy atom. The first-order valence-electron chi connectivity index (χ1n) is 13.7. The fourth-order valence-electron chi connectivity index (χ4n) is 4.43. The van der Waals surface area contributed by atoms with Crippen molar-refractivity contribution < 1.29 is 27.5 Å². The second kappa shape index (κ2) is 14.9. The van der Waals surface area contributed by atoms with E-state index >= 15 is 0 Å². The van der Waals surface area contributed by atoms with Crippen LogP contribution in [0.4, 0.5) is 5.69 Å². The van der Waals surface area contributed by atoms with Gasteiger partial charge in [-0.15, -0.1) is 0 Å². The van der Waals surface area contributed by atoms with Crippen LogP contribution in [0.1, 0.15) is 37.8 Å². The maximum Gasteiger partial charge on any atom is 0.264 e. The van der Waals surface area contributed by atoms with Gasteiger partial charge in [-0.1, -0.05) is 55.3 Å². The molecule has 1 N–H and O–H groups in total. The largest absolute Gasteiger partial charge is 0.497 e. The standard InChI is InChI=1S/C31H38ClN3O6S/c1-6-17-33-31(37)28(7-2)34(20-23-9-8-10-25(18-23)40-4)30(36)21-35(24-13-16-29(41-5)27(32)19-24)42(38,39)26-14-11-22(3)12-15-26/h8-16,18-19,28H,6-7,17,20-21H2,1-5H3,(H,33,37). The summed E-state index contributed by atoms with van der Waals surface area (Å²) in [5.41, 5.74) is 1.79. The number of carbonyl (C=O) groups is 2. The fraction of sp³-hybridized carbons (Fsp3) is 0.355. The molecule has 9 nitrogen and oxygen atoms in total. The smallest absolute Gasteiger partial charge is 0.264 e. The van der Waals surface area contributed by atoms with E-state index in [4.69, 9.17) is 21.1 Å². The van der Waals surface area contributed by atoms with E-state index in [1.54, 1.807) is 43.5 Å². The Balaban J connectivity index is 2.09. The molecule has 3 aromatic rings. The van der Waals surface area contributed by atoms with Crippen LogP contribution in [0, 0.1) is 6.92 Å². The average molecular weight is 616 g/mol. The number of rotatable bonds is 14. The van der Waals surface area contributed by atoms with Crippen molar-refractivity contribution in [3.05, 3.63) is 82.9 Å². The summed E-state index contributed by atoms with van der Waals surface area (Å²) in [6.45, 7) is 5.55. The van der Waals surface area contributed by atoms with Crippen molar-refractivity contribution in [3.8, 4) is 11.5 Å². The SMILES string of the molecule is CCCNC(=O)C(CC)N(Cc1cccc(OC)c1)C(=O)CN(c1ccc(OC)c(Cl)c1)S(=O)(=O)c1ccc(C)cc1. The highest BCUT2D eigenvalue weighted by atomic mass is 35.5. The normalized spacial score (nSPS) is 11.9. The first-order chi connectivity index (χ1) is 20.0. The molecule has 0 radical (unpaired) electrons. The number of ether oxygens (including phenoxy) is 2. The molecule has 1 atom stereocenters. The lowest BCUT2D eigenvalue weighted by Crippen LogP contribution is -2.52. The minimum absolute atomic E-state index is 0.0138. The lowest BCUT2D eigenvalue weighted by molar-refractivity contribution is -0.140. The predicted octanol–water partition coefficient (Wildman–Crippen LogP) is 5.19. The molecule has 2 amide bonds. The molecule has 0 aliphatic rings. The Labute approximate surface area is 253 Å². The summed E-state index contributed by atoms with van der Waals surface area (Å²) < 4.78 is 39.6. The topological polar surface area (TPSA) is 105 Å². The van der Waals surface area contributed by atoms with Gasteiger partial charge in [0.05, 0.1) is 29.8 Å². The van der Waals surface area contributed by atoms with Crippen molar-refractivity contribution in [2.24, 2.45) is 0 Å². The Kier molecular flexibility index (Phi) is 11.6. The number of sulfonamides is 1. The molecule has 3 aromatic carbocycles. The molecule has 0 aliphatic heterocycles. The molecule has 0 heterocycles. The zero-order valence-corrected chi connectivity index (χ0v) is 26.2. The quantitative estimate of drug-likeness (QED) is 0.267. The Bertz CT molecular complexity index is 1480. The zero-order valence-electron chi connectivity index (χ0n) is 24.6. The zero-order chi connectivity index (χ0) is 30.9. The Morgan fingerprint density at radius 2 is 1.69 bits per heavy atom. The van der Waals surface area contributed by atoms with Crippen LogP contribution in [0.15, 0.2) is 71.6 Å². The number of aryl methyl sites for hydroxylation is 1. The fourth-order valence-corrected chi connectivity index (χ4v) is 6.09. The van der Waals surface area contributed by atoms with E-state index in [-0.39, 0.29) is 28.1 Å². The number of benzene rings is 3. The van der Waals surface area contributed by atoms with Gasteiger partial charge in [0.1, 0.15) is 24.1 Å². The van der Waals surface area contributed by atoms with Crippen LogP contribution in [0.5, 0.6) is 11.5 Å².